The van der Waals surface area contributed by atoms with Gasteiger partial charge in [-0.3, -0.25) is 0 Å². The SMILES string of the molecule is CCn1c(-c2ccccc2)cc2c(C#N)cccc21. The standard InChI is InChI=1S/C17H14N2/c1-2-19-16-10-6-9-14(12-18)15(16)11-17(19)13-7-4-3-5-8-13/h3-11H,2H2,1H3. The minimum Gasteiger partial charge on any atom is -0.341 e. The average Bonchev–Trinajstić information content (AvgIpc) is 2.86. The maximum atomic E-state index is 9.22. The second-order valence-corrected chi connectivity index (χ2v) is 4.49. The van der Waals surface area contributed by atoms with E-state index < -0.39 is 0 Å². The fraction of sp³-hybridized carbons (Fsp3) is 0.118. The number of nitrogens with zero attached hydrogens (tertiary/aromatic N) is 2. The average molecular weight is 246 g/mol. The van der Waals surface area contributed by atoms with Gasteiger partial charge in [0, 0.05) is 23.1 Å². The topological polar surface area (TPSA) is 28.7 Å². The Bertz CT molecular complexity index is 761. The summed E-state index contributed by atoms with van der Waals surface area (Å²) in [6.07, 6.45) is 0. The van der Waals surface area contributed by atoms with Gasteiger partial charge in [-0.25, -0.2) is 0 Å². The van der Waals surface area contributed by atoms with Crippen LogP contribution in [-0.2, 0) is 6.54 Å². The van der Waals surface area contributed by atoms with E-state index in [-0.39, 0.29) is 0 Å². The Morgan fingerprint density at radius 3 is 2.53 bits per heavy atom. The molecular formula is C17H14N2. The van der Waals surface area contributed by atoms with E-state index in [2.05, 4.69) is 41.8 Å². The van der Waals surface area contributed by atoms with E-state index in [1.54, 1.807) is 0 Å². The van der Waals surface area contributed by atoms with E-state index in [1.807, 2.05) is 30.3 Å². The molecule has 2 aromatic carbocycles. The zero-order chi connectivity index (χ0) is 13.2. The Balaban J connectivity index is 2.35. The molecule has 19 heavy (non-hydrogen) atoms. The first-order chi connectivity index (χ1) is 9.35. The Morgan fingerprint density at radius 2 is 1.84 bits per heavy atom. The predicted molar refractivity (Wildman–Crippen MR) is 77.8 cm³/mol. The largest absolute Gasteiger partial charge is 0.341 e. The number of nitriles is 1. The lowest BCUT2D eigenvalue weighted by Crippen LogP contribution is -1.96. The van der Waals surface area contributed by atoms with E-state index >= 15 is 0 Å². The molecule has 2 nitrogen and oxygen atoms in total. The van der Waals surface area contributed by atoms with E-state index in [4.69, 9.17) is 0 Å². The van der Waals surface area contributed by atoms with Crippen molar-refractivity contribution >= 4 is 10.9 Å². The Morgan fingerprint density at radius 1 is 1.05 bits per heavy atom. The first-order valence-electron chi connectivity index (χ1n) is 6.43. The van der Waals surface area contributed by atoms with Crippen molar-refractivity contribution in [3.8, 4) is 17.3 Å². The van der Waals surface area contributed by atoms with Crippen LogP contribution in [0.2, 0.25) is 0 Å². The first kappa shape index (κ1) is 11.6. The maximum absolute atomic E-state index is 9.22. The van der Waals surface area contributed by atoms with Crippen molar-refractivity contribution < 1.29 is 0 Å². The van der Waals surface area contributed by atoms with Crippen LogP contribution in [0.4, 0.5) is 0 Å². The second kappa shape index (κ2) is 4.62. The third kappa shape index (κ3) is 1.80. The molecule has 2 heteroatoms. The molecule has 0 bridgehead atoms. The van der Waals surface area contributed by atoms with Crippen LogP contribution < -0.4 is 0 Å². The fourth-order valence-electron chi connectivity index (χ4n) is 2.57. The summed E-state index contributed by atoms with van der Waals surface area (Å²) in [5.41, 5.74) is 4.22. The van der Waals surface area contributed by atoms with Gasteiger partial charge in [0.2, 0.25) is 0 Å². The van der Waals surface area contributed by atoms with Gasteiger partial charge in [0.1, 0.15) is 0 Å². The molecule has 3 aromatic rings. The highest BCUT2D eigenvalue weighted by molar-refractivity contribution is 5.91. The molecule has 0 radical (unpaired) electrons. The third-order valence-corrected chi connectivity index (χ3v) is 3.45. The molecule has 0 aliphatic carbocycles. The molecule has 0 saturated heterocycles. The Kier molecular flexibility index (Phi) is 2.81. The van der Waals surface area contributed by atoms with Gasteiger partial charge in [-0.05, 0) is 30.7 Å². The number of aromatic nitrogens is 1. The van der Waals surface area contributed by atoms with Gasteiger partial charge in [0.15, 0.2) is 0 Å². The number of rotatable bonds is 2. The number of aryl methyl sites for hydroxylation is 1. The van der Waals surface area contributed by atoms with Crippen LogP contribution in [-0.4, -0.2) is 4.57 Å². The van der Waals surface area contributed by atoms with Crippen molar-refractivity contribution in [1.29, 1.82) is 5.26 Å². The van der Waals surface area contributed by atoms with E-state index in [1.165, 1.54) is 11.3 Å². The van der Waals surface area contributed by atoms with E-state index in [0.29, 0.717) is 0 Å². The lowest BCUT2D eigenvalue weighted by Gasteiger charge is -2.07. The summed E-state index contributed by atoms with van der Waals surface area (Å²) in [4.78, 5) is 0. The molecule has 0 atom stereocenters. The summed E-state index contributed by atoms with van der Waals surface area (Å²) >= 11 is 0. The van der Waals surface area contributed by atoms with Gasteiger partial charge in [-0.1, -0.05) is 36.4 Å². The number of hydrogen-bond donors (Lipinski definition) is 0. The van der Waals surface area contributed by atoms with Crippen LogP contribution in [0.15, 0.2) is 54.6 Å². The molecule has 0 amide bonds. The normalized spacial score (nSPS) is 10.5. The lowest BCUT2D eigenvalue weighted by atomic mass is 10.1. The molecule has 0 saturated carbocycles. The molecule has 3 rings (SSSR count). The minimum atomic E-state index is 0.738. The van der Waals surface area contributed by atoms with Gasteiger partial charge in [-0.15, -0.1) is 0 Å². The van der Waals surface area contributed by atoms with Crippen molar-refractivity contribution in [3.05, 3.63) is 60.2 Å². The van der Waals surface area contributed by atoms with Crippen molar-refractivity contribution in [2.75, 3.05) is 0 Å². The molecule has 0 aliphatic rings. The monoisotopic (exact) mass is 246 g/mol. The van der Waals surface area contributed by atoms with Crippen LogP contribution in [0, 0.1) is 11.3 Å². The molecular weight excluding hydrogens is 232 g/mol. The molecule has 0 N–H and O–H groups in total. The van der Waals surface area contributed by atoms with Crippen LogP contribution in [0.5, 0.6) is 0 Å². The van der Waals surface area contributed by atoms with Gasteiger partial charge < -0.3 is 4.57 Å². The Hall–Kier alpha value is -2.53. The fourth-order valence-corrected chi connectivity index (χ4v) is 2.57. The highest BCUT2D eigenvalue weighted by Crippen LogP contribution is 2.29. The lowest BCUT2D eigenvalue weighted by molar-refractivity contribution is 0.805. The van der Waals surface area contributed by atoms with E-state index in [0.717, 1.165) is 23.0 Å². The number of benzene rings is 2. The molecule has 1 heterocycles. The van der Waals surface area contributed by atoms with Crippen LogP contribution >= 0.6 is 0 Å². The predicted octanol–water partition coefficient (Wildman–Crippen LogP) is 4.20. The quantitative estimate of drug-likeness (QED) is 0.666. The summed E-state index contributed by atoms with van der Waals surface area (Å²) in [7, 11) is 0. The zero-order valence-corrected chi connectivity index (χ0v) is 10.8. The van der Waals surface area contributed by atoms with Gasteiger partial charge in [0.25, 0.3) is 0 Å². The first-order valence-corrected chi connectivity index (χ1v) is 6.43. The summed E-state index contributed by atoms with van der Waals surface area (Å²) in [6, 6.07) is 20.6. The van der Waals surface area contributed by atoms with Crippen LogP contribution in [0.3, 0.4) is 0 Å². The molecule has 92 valence electrons. The highest BCUT2D eigenvalue weighted by Gasteiger charge is 2.11. The molecule has 0 aliphatic heterocycles. The van der Waals surface area contributed by atoms with Crippen molar-refractivity contribution in [1.82, 2.24) is 4.57 Å². The van der Waals surface area contributed by atoms with E-state index in [9.17, 15) is 5.26 Å². The summed E-state index contributed by atoms with van der Waals surface area (Å²) in [6.45, 7) is 3.02. The van der Waals surface area contributed by atoms with Crippen molar-refractivity contribution in [2.24, 2.45) is 0 Å². The van der Waals surface area contributed by atoms with Crippen LogP contribution in [0.1, 0.15) is 12.5 Å². The second-order valence-electron chi connectivity index (χ2n) is 4.49. The minimum absolute atomic E-state index is 0.738. The zero-order valence-electron chi connectivity index (χ0n) is 10.8. The third-order valence-electron chi connectivity index (χ3n) is 3.45. The molecule has 0 spiro atoms. The van der Waals surface area contributed by atoms with Gasteiger partial charge in [-0.2, -0.15) is 5.26 Å². The molecule has 0 unspecified atom stereocenters. The highest BCUT2D eigenvalue weighted by atomic mass is 15.0. The van der Waals surface area contributed by atoms with Crippen molar-refractivity contribution in [3.63, 3.8) is 0 Å². The summed E-state index contributed by atoms with van der Waals surface area (Å²) in [5.74, 6) is 0. The maximum Gasteiger partial charge on any atom is 0.0998 e. The Labute approximate surface area is 112 Å². The summed E-state index contributed by atoms with van der Waals surface area (Å²) in [5, 5.41) is 10.3. The molecule has 0 fully saturated rings. The summed E-state index contributed by atoms with van der Waals surface area (Å²) < 4.78 is 2.26. The number of fused-ring (bicyclic) bond motifs is 1. The van der Waals surface area contributed by atoms with Crippen LogP contribution in [0.25, 0.3) is 22.2 Å². The van der Waals surface area contributed by atoms with Gasteiger partial charge >= 0.3 is 0 Å². The van der Waals surface area contributed by atoms with Gasteiger partial charge in [0.05, 0.1) is 11.6 Å². The number of hydrogen-bond acceptors (Lipinski definition) is 1. The smallest absolute Gasteiger partial charge is 0.0998 e. The van der Waals surface area contributed by atoms with Crippen molar-refractivity contribution in [2.45, 2.75) is 13.5 Å². The molecule has 1 aromatic heterocycles.